The molecule has 0 amide bonds. The number of rotatable bonds is 5. The summed E-state index contributed by atoms with van der Waals surface area (Å²) < 4.78 is 0. The van der Waals surface area contributed by atoms with Crippen molar-refractivity contribution in [2.45, 2.75) is 45.1 Å². The molecule has 0 saturated heterocycles. The van der Waals surface area contributed by atoms with E-state index in [1.165, 1.54) is 31.4 Å². The standard InChI is InChI=1S/C13H21N3/c1-2-8-14-13-10-12(7-9-15-13)16-11-5-3-4-6-11/h7,9-11H,2-6,8H2,1H3,(H2,14,15,16). The van der Waals surface area contributed by atoms with E-state index >= 15 is 0 Å². The van der Waals surface area contributed by atoms with E-state index in [1.807, 2.05) is 6.20 Å². The SMILES string of the molecule is CCCNc1cc(NC2CCCC2)ccn1. The van der Waals surface area contributed by atoms with Gasteiger partial charge in [-0.15, -0.1) is 0 Å². The molecule has 0 spiro atoms. The quantitative estimate of drug-likeness (QED) is 0.798. The number of aromatic nitrogens is 1. The molecule has 1 fully saturated rings. The van der Waals surface area contributed by atoms with Crippen molar-refractivity contribution in [3.63, 3.8) is 0 Å². The summed E-state index contributed by atoms with van der Waals surface area (Å²) in [5.41, 5.74) is 1.19. The second-order valence-electron chi connectivity index (χ2n) is 4.48. The molecule has 0 aliphatic heterocycles. The minimum absolute atomic E-state index is 0.668. The summed E-state index contributed by atoms with van der Waals surface area (Å²) in [6.45, 7) is 3.15. The van der Waals surface area contributed by atoms with Crippen LogP contribution in [0.3, 0.4) is 0 Å². The topological polar surface area (TPSA) is 37.0 Å². The Hall–Kier alpha value is -1.25. The van der Waals surface area contributed by atoms with Crippen LogP contribution < -0.4 is 10.6 Å². The monoisotopic (exact) mass is 219 g/mol. The Balaban J connectivity index is 1.92. The molecular weight excluding hydrogens is 198 g/mol. The molecule has 2 N–H and O–H groups in total. The molecule has 1 aromatic rings. The molecule has 0 unspecified atom stereocenters. The largest absolute Gasteiger partial charge is 0.382 e. The highest BCUT2D eigenvalue weighted by Gasteiger charge is 2.14. The van der Waals surface area contributed by atoms with Gasteiger partial charge in [0.05, 0.1) is 0 Å². The van der Waals surface area contributed by atoms with Crippen molar-refractivity contribution in [1.29, 1.82) is 0 Å². The highest BCUT2D eigenvalue weighted by molar-refractivity contribution is 5.52. The second kappa shape index (κ2) is 5.73. The molecule has 1 aromatic heterocycles. The van der Waals surface area contributed by atoms with Gasteiger partial charge in [0, 0.05) is 30.5 Å². The van der Waals surface area contributed by atoms with E-state index in [2.05, 4.69) is 34.7 Å². The Morgan fingerprint density at radius 3 is 2.94 bits per heavy atom. The first kappa shape index (κ1) is 11.2. The molecule has 0 atom stereocenters. The zero-order valence-electron chi connectivity index (χ0n) is 10.00. The molecule has 0 radical (unpaired) electrons. The van der Waals surface area contributed by atoms with Gasteiger partial charge in [-0.05, 0) is 25.3 Å². The van der Waals surface area contributed by atoms with Crippen LogP contribution in [0.5, 0.6) is 0 Å². The predicted octanol–water partition coefficient (Wildman–Crippen LogP) is 3.26. The number of hydrogen-bond donors (Lipinski definition) is 2. The first-order valence-electron chi connectivity index (χ1n) is 6.35. The van der Waals surface area contributed by atoms with Crippen LogP contribution in [0.2, 0.25) is 0 Å². The van der Waals surface area contributed by atoms with Crippen LogP contribution in [-0.2, 0) is 0 Å². The van der Waals surface area contributed by atoms with Gasteiger partial charge < -0.3 is 10.6 Å². The van der Waals surface area contributed by atoms with Crippen molar-refractivity contribution in [2.75, 3.05) is 17.2 Å². The van der Waals surface area contributed by atoms with E-state index < -0.39 is 0 Å². The Morgan fingerprint density at radius 2 is 2.19 bits per heavy atom. The van der Waals surface area contributed by atoms with Crippen molar-refractivity contribution < 1.29 is 0 Å². The van der Waals surface area contributed by atoms with Crippen LogP contribution in [0.15, 0.2) is 18.3 Å². The first-order chi connectivity index (χ1) is 7.88. The number of nitrogens with one attached hydrogen (secondary N) is 2. The Morgan fingerprint density at radius 1 is 1.38 bits per heavy atom. The van der Waals surface area contributed by atoms with Gasteiger partial charge in [-0.25, -0.2) is 4.98 Å². The van der Waals surface area contributed by atoms with Gasteiger partial charge in [0.15, 0.2) is 0 Å². The third kappa shape index (κ3) is 3.12. The summed E-state index contributed by atoms with van der Waals surface area (Å²) in [5, 5.41) is 6.89. The maximum atomic E-state index is 4.30. The van der Waals surface area contributed by atoms with Gasteiger partial charge >= 0.3 is 0 Å². The maximum absolute atomic E-state index is 4.30. The van der Waals surface area contributed by atoms with Crippen LogP contribution in [0.4, 0.5) is 11.5 Å². The van der Waals surface area contributed by atoms with E-state index in [-0.39, 0.29) is 0 Å². The lowest BCUT2D eigenvalue weighted by Crippen LogP contribution is -2.14. The summed E-state index contributed by atoms with van der Waals surface area (Å²) in [6.07, 6.45) is 8.34. The third-order valence-electron chi connectivity index (χ3n) is 3.04. The number of hydrogen-bond acceptors (Lipinski definition) is 3. The average Bonchev–Trinajstić information content (AvgIpc) is 2.80. The van der Waals surface area contributed by atoms with Gasteiger partial charge in [-0.1, -0.05) is 19.8 Å². The van der Waals surface area contributed by atoms with Crippen molar-refractivity contribution >= 4 is 11.5 Å². The van der Waals surface area contributed by atoms with Crippen LogP contribution in [-0.4, -0.2) is 17.6 Å². The third-order valence-corrected chi connectivity index (χ3v) is 3.04. The van der Waals surface area contributed by atoms with E-state index in [4.69, 9.17) is 0 Å². The van der Waals surface area contributed by atoms with Crippen molar-refractivity contribution in [3.05, 3.63) is 18.3 Å². The van der Waals surface area contributed by atoms with Crippen LogP contribution in [0, 0.1) is 0 Å². The lowest BCUT2D eigenvalue weighted by Gasteiger charge is -2.14. The highest BCUT2D eigenvalue weighted by Crippen LogP contribution is 2.22. The molecular formula is C13H21N3. The molecule has 88 valence electrons. The lowest BCUT2D eigenvalue weighted by molar-refractivity contribution is 0.755. The van der Waals surface area contributed by atoms with Gasteiger partial charge in [-0.3, -0.25) is 0 Å². The minimum Gasteiger partial charge on any atom is -0.382 e. The average molecular weight is 219 g/mol. The van der Waals surface area contributed by atoms with E-state index in [0.717, 1.165) is 18.8 Å². The fourth-order valence-corrected chi connectivity index (χ4v) is 2.18. The molecule has 3 heteroatoms. The maximum Gasteiger partial charge on any atom is 0.127 e. The molecule has 0 bridgehead atoms. The summed E-state index contributed by atoms with van der Waals surface area (Å²) in [5.74, 6) is 0.977. The van der Waals surface area contributed by atoms with E-state index in [0.29, 0.717) is 6.04 Å². The summed E-state index contributed by atoms with van der Waals surface area (Å²) in [6, 6.07) is 4.82. The molecule has 1 saturated carbocycles. The van der Waals surface area contributed by atoms with Crippen molar-refractivity contribution in [3.8, 4) is 0 Å². The zero-order valence-corrected chi connectivity index (χ0v) is 10.00. The first-order valence-corrected chi connectivity index (χ1v) is 6.35. The second-order valence-corrected chi connectivity index (χ2v) is 4.48. The molecule has 0 aromatic carbocycles. The summed E-state index contributed by atoms with van der Waals surface area (Å²) >= 11 is 0. The minimum atomic E-state index is 0.668. The van der Waals surface area contributed by atoms with Crippen molar-refractivity contribution in [2.24, 2.45) is 0 Å². The summed E-state index contributed by atoms with van der Waals surface area (Å²) in [7, 11) is 0. The lowest BCUT2D eigenvalue weighted by atomic mass is 10.2. The molecule has 1 aliphatic rings. The van der Waals surface area contributed by atoms with E-state index in [9.17, 15) is 0 Å². The van der Waals surface area contributed by atoms with Crippen LogP contribution in [0.25, 0.3) is 0 Å². The van der Waals surface area contributed by atoms with E-state index in [1.54, 1.807) is 0 Å². The van der Waals surface area contributed by atoms with Crippen LogP contribution in [0.1, 0.15) is 39.0 Å². The molecule has 2 rings (SSSR count). The van der Waals surface area contributed by atoms with Gasteiger partial charge in [0.2, 0.25) is 0 Å². The number of nitrogens with zero attached hydrogens (tertiary/aromatic N) is 1. The van der Waals surface area contributed by atoms with Gasteiger partial charge in [-0.2, -0.15) is 0 Å². The Kier molecular flexibility index (Phi) is 4.03. The normalized spacial score (nSPS) is 16.3. The molecule has 16 heavy (non-hydrogen) atoms. The Bertz CT molecular complexity index is 319. The summed E-state index contributed by atoms with van der Waals surface area (Å²) in [4.78, 5) is 4.30. The van der Waals surface area contributed by atoms with Crippen LogP contribution >= 0.6 is 0 Å². The highest BCUT2D eigenvalue weighted by atomic mass is 15.0. The molecule has 1 heterocycles. The Labute approximate surface area is 97.7 Å². The molecule has 3 nitrogen and oxygen atoms in total. The smallest absolute Gasteiger partial charge is 0.127 e. The zero-order chi connectivity index (χ0) is 11.2. The fraction of sp³-hybridized carbons (Fsp3) is 0.615. The van der Waals surface area contributed by atoms with Gasteiger partial charge in [0.25, 0.3) is 0 Å². The number of pyridine rings is 1. The predicted molar refractivity (Wildman–Crippen MR) is 68.9 cm³/mol. The fourth-order valence-electron chi connectivity index (χ4n) is 2.18. The van der Waals surface area contributed by atoms with Gasteiger partial charge in [0.1, 0.15) is 5.82 Å². The molecule has 1 aliphatic carbocycles. The number of anilines is 2. The van der Waals surface area contributed by atoms with Crippen molar-refractivity contribution in [1.82, 2.24) is 4.98 Å².